The van der Waals surface area contributed by atoms with Gasteiger partial charge in [-0.05, 0) is 23.6 Å². The fraction of sp³-hybridized carbons (Fsp3) is 0. The summed E-state index contributed by atoms with van der Waals surface area (Å²) >= 11 is 11.7. The molecular weight excluding hydrogens is 193 g/mol. The van der Waals surface area contributed by atoms with E-state index in [0.717, 1.165) is 10.8 Å². The first-order valence-electron chi connectivity index (χ1n) is 3.46. The van der Waals surface area contributed by atoms with Crippen LogP contribution in [0, 0.1) is 0 Å². The minimum Gasteiger partial charge on any atom is -0.264 e. The van der Waals surface area contributed by atoms with Crippen LogP contribution in [0.1, 0.15) is 0 Å². The summed E-state index contributed by atoms with van der Waals surface area (Å²) in [5.41, 5.74) is 0. The molecule has 0 radical (unpaired) electrons. The third-order valence-electron chi connectivity index (χ3n) is 1.68. The van der Waals surface area contributed by atoms with Crippen LogP contribution in [0.15, 0.2) is 30.6 Å². The lowest BCUT2D eigenvalue weighted by molar-refractivity contribution is 1.36. The maximum Gasteiger partial charge on any atom is 0.0599 e. The van der Waals surface area contributed by atoms with Gasteiger partial charge in [-0.1, -0.05) is 23.2 Å². The first kappa shape index (κ1) is 7.84. The van der Waals surface area contributed by atoms with Crippen LogP contribution in [0.5, 0.6) is 0 Å². The predicted molar refractivity (Wildman–Crippen MR) is 51.8 cm³/mol. The summed E-state index contributed by atoms with van der Waals surface area (Å²) < 4.78 is 0. The van der Waals surface area contributed by atoms with Crippen LogP contribution in [0.25, 0.3) is 10.8 Å². The highest BCUT2D eigenvalue weighted by Crippen LogP contribution is 2.26. The lowest BCUT2D eigenvalue weighted by Gasteiger charge is -1.98. The summed E-state index contributed by atoms with van der Waals surface area (Å²) in [5, 5.41) is 3.21. The number of hydrogen-bond donors (Lipinski definition) is 0. The maximum absolute atomic E-state index is 5.84. The molecule has 2 aromatic rings. The van der Waals surface area contributed by atoms with Crippen molar-refractivity contribution >= 4 is 34.0 Å². The van der Waals surface area contributed by atoms with Crippen molar-refractivity contribution in [1.82, 2.24) is 4.98 Å². The zero-order valence-corrected chi connectivity index (χ0v) is 7.60. The molecule has 1 heterocycles. The van der Waals surface area contributed by atoms with E-state index in [2.05, 4.69) is 4.98 Å². The van der Waals surface area contributed by atoms with Crippen LogP contribution < -0.4 is 0 Å². The lowest BCUT2D eigenvalue weighted by atomic mass is 10.2. The van der Waals surface area contributed by atoms with Crippen molar-refractivity contribution in [2.24, 2.45) is 0 Å². The topological polar surface area (TPSA) is 12.9 Å². The van der Waals surface area contributed by atoms with Gasteiger partial charge in [-0.25, -0.2) is 0 Å². The maximum atomic E-state index is 5.84. The molecule has 1 aromatic carbocycles. The van der Waals surface area contributed by atoms with Crippen molar-refractivity contribution in [3.05, 3.63) is 40.6 Å². The molecule has 3 heteroatoms. The van der Waals surface area contributed by atoms with Gasteiger partial charge >= 0.3 is 0 Å². The Labute approximate surface area is 79.9 Å². The molecule has 0 saturated heterocycles. The summed E-state index contributed by atoms with van der Waals surface area (Å²) in [4.78, 5) is 3.98. The van der Waals surface area contributed by atoms with Gasteiger partial charge < -0.3 is 0 Å². The molecule has 1 nitrogen and oxygen atoms in total. The van der Waals surface area contributed by atoms with Gasteiger partial charge in [0.1, 0.15) is 0 Å². The van der Waals surface area contributed by atoms with Crippen LogP contribution in [-0.2, 0) is 0 Å². The van der Waals surface area contributed by atoms with E-state index in [9.17, 15) is 0 Å². The Morgan fingerprint density at radius 2 is 1.67 bits per heavy atom. The Kier molecular flexibility index (Phi) is 1.91. The van der Waals surface area contributed by atoms with E-state index in [0.29, 0.717) is 10.0 Å². The molecule has 0 saturated carbocycles. The van der Waals surface area contributed by atoms with E-state index >= 15 is 0 Å². The van der Waals surface area contributed by atoms with E-state index in [1.165, 1.54) is 0 Å². The molecule has 0 aliphatic heterocycles. The highest BCUT2D eigenvalue weighted by Gasteiger charge is 1.99. The average molecular weight is 198 g/mol. The van der Waals surface area contributed by atoms with E-state index in [1.54, 1.807) is 12.4 Å². The predicted octanol–water partition coefficient (Wildman–Crippen LogP) is 3.54. The van der Waals surface area contributed by atoms with Gasteiger partial charge in [-0.2, -0.15) is 0 Å². The second-order valence-electron chi connectivity index (χ2n) is 2.49. The highest BCUT2D eigenvalue weighted by atomic mass is 35.5. The number of pyridine rings is 1. The normalized spacial score (nSPS) is 10.5. The first-order valence-corrected chi connectivity index (χ1v) is 4.22. The molecule has 0 amide bonds. The van der Waals surface area contributed by atoms with Crippen LogP contribution in [-0.4, -0.2) is 4.98 Å². The smallest absolute Gasteiger partial charge is 0.0599 e. The number of nitrogens with zero attached hydrogens (tertiary/aromatic N) is 1. The lowest BCUT2D eigenvalue weighted by Crippen LogP contribution is -1.75. The van der Waals surface area contributed by atoms with Crippen LogP contribution >= 0.6 is 23.2 Å². The SMILES string of the molecule is Clc1cc2ccncc2cc1Cl. The van der Waals surface area contributed by atoms with Crippen molar-refractivity contribution in [2.75, 3.05) is 0 Å². The Balaban J connectivity index is 2.84. The van der Waals surface area contributed by atoms with Crippen molar-refractivity contribution < 1.29 is 0 Å². The van der Waals surface area contributed by atoms with Gasteiger partial charge in [0.25, 0.3) is 0 Å². The molecular formula is C9H5Cl2N. The van der Waals surface area contributed by atoms with Crippen LogP contribution in [0.2, 0.25) is 10.0 Å². The van der Waals surface area contributed by atoms with Gasteiger partial charge in [0.15, 0.2) is 0 Å². The molecule has 0 atom stereocenters. The Morgan fingerprint density at radius 3 is 2.42 bits per heavy atom. The number of benzene rings is 1. The van der Waals surface area contributed by atoms with Crippen molar-refractivity contribution in [2.45, 2.75) is 0 Å². The van der Waals surface area contributed by atoms with Gasteiger partial charge in [0, 0.05) is 17.8 Å². The fourth-order valence-corrected chi connectivity index (χ4v) is 1.42. The van der Waals surface area contributed by atoms with Crippen molar-refractivity contribution in [3.8, 4) is 0 Å². The molecule has 0 aliphatic carbocycles. The molecule has 0 aliphatic rings. The second-order valence-corrected chi connectivity index (χ2v) is 3.30. The Morgan fingerprint density at radius 1 is 1.00 bits per heavy atom. The number of rotatable bonds is 0. The molecule has 0 spiro atoms. The number of aromatic nitrogens is 1. The van der Waals surface area contributed by atoms with Gasteiger partial charge in [-0.3, -0.25) is 4.98 Å². The molecule has 2 rings (SSSR count). The van der Waals surface area contributed by atoms with Crippen molar-refractivity contribution in [1.29, 1.82) is 0 Å². The molecule has 1 aromatic heterocycles. The second kappa shape index (κ2) is 2.92. The number of halogens is 2. The fourth-order valence-electron chi connectivity index (χ4n) is 1.08. The molecule has 60 valence electrons. The van der Waals surface area contributed by atoms with E-state index in [4.69, 9.17) is 23.2 Å². The standard InChI is InChI=1S/C9H5Cl2N/c10-8-3-6-1-2-12-5-7(6)4-9(8)11/h1-5H. The summed E-state index contributed by atoms with van der Waals surface area (Å²) in [6.07, 6.45) is 3.49. The summed E-state index contributed by atoms with van der Waals surface area (Å²) in [7, 11) is 0. The number of hydrogen-bond acceptors (Lipinski definition) is 1. The Bertz CT molecular complexity index is 385. The first-order chi connectivity index (χ1) is 5.77. The summed E-state index contributed by atoms with van der Waals surface area (Å²) in [6.45, 7) is 0. The van der Waals surface area contributed by atoms with E-state index in [1.807, 2.05) is 18.2 Å². The van der Waals surface area contributed by atoms with E-state index in [-0.39, 0.29) is 0 Å². The van der Waals surface area contributed by atoms with Crippen LogP contribution in [0.4, 0.5) is 0 Å². The zero-order chi connectivity index (χ0) is 8.55. The number of fused-ring (bicyclic) bond motifs is 1. The monoisotopic (exact) mass is 197 g/mol. The minimum absolute atomic E-state index is 0.567. The van der Waals surface area contributed by atoms with E-state index < -0.39 is 0 Å². The third-order valence-corrected chi connectivity index (χ3v) is 2.40. The Hall–Kier alpha value is -0.790. The molecule has 0 unspecified atom stereocenters. The third kappa shape index (κ3) is 1.26. The average Bonchev–Trinajstić information content (AvgIpc) is 2.07. The minimum atomic E-state index is 0.567. The summed E-state index contributed by atoms with van der Waals surface area (Å²) in [6, 6.07) is 5.55. The molecule has 0 N–H and O–H groups in total. The molecule has 0 fully saturated rings. The van der Waals surface area contributed by atoms with Gasteiger partial charge in [0.2, 0.25) is 0 Å². The zero-order valence-electron chi connectivity index (χ0n) is 6.09. The quantitative estimate of drug-likeness (QED) is 0.630. The highest BCUT2D eigenvalue weighted by molar-refractivity contribution is 6.42. The largest absolute Gasteiger partial charge is 0.264 e. The van der Waals surface area contributed by atoms with Crippen molar-refractivity contribution in [3.63, 3.8) is 0 Å². The van der Waals surface area contributed by atoms with Gasteiger partial charge in [0.05, 0.1) is 10.0 Å². The van der Waals surface area contributed by atoms with Gasteiger partial charge in [-0.15, -0.1) is 0 Å². The molecule has 0 bridgehead atoms. The molecule has 12 heavy (non-hydrogen) atoms. The summed E-state index contributed by atoms with van der Waals surface area (Å²) in [5.74, 6) is 0. The van der Waals surface area contributed by atoms with Crippen LogP contribution in [0.3, 0.4) is 0 Å².